The Morgan fingerprint density at radius 3 is 2.27 bits per heavy atom. The number of carbonyl (C=O) groups is 3. The number of benzene rings is 1. The van der Waals surface area contributed by atoms with Gasteiger partial charge in [-0.3, -0.25) is 19.3 Å². The molecule has 3 amide bonds. The number of nitrogens with zero attached hydrogens (tertiary/aromatic N) is 1. The summed E-state index contributed by atoms with van der Waals surface area (Å²) < 4.78 is 0. The van der Waals surface area contributed by atoms with Gasteiger partial charge >= 0.3 is 0 Å². The van der Waals surface area contributed by atoms with Gasteiger partial charge in [-0.15, -0.1) is 0 Å². The van der Waals surface area contributed by atoms with Gasteiger partial charge in [0, 0.05) is 18.0 Å². The highest BCUT2D eigenvalue weighted by Gasteiger charge is 2.47. The molecule has 0 radical (unpaired) electrons. The first-order valence-electron chi connectivity index (χ1n) is 9.41. The van der Waals surface area contributed by atoms with Gasteiger partial charge in [0.05, 0.1) is 17.9 Å². The predicted molar refractivity (Wildman–Crippen MR) is 99.4 cm³/mol. The number of halogens is 1. The summed E-state index contributed by atoms with van der Waals surface area (Å²) in [7, 11) is 0. The Bertz CT molecular complexity index is 665. The molecule has 1 N–H and O–H groups in total. The van der Waals surface area contributed by atoms with Crippen molar-refractivity contribution in [1.29, 1.82) is 0 Å². The minimum Gasteiger partial charge on any atom is -0.349 e. The molecule has 3 rings (SSSR count). The molecule has 3 atom stereocenters. The van der Waals surface area contributed by atoms with Crippen molar-refractivity contribution < 1.29 is 14.4 Å². The first-order valence-corrected chi connectivity index (χ1v) is 9.79. The predicted octanol–water partition coefficient (Wildman–Crippen LogP) is 3.47. The number of hydrogen-bond acceptors (Lipinski definition) is 3. The maximum Gasteiger partial charge on any atom is 0.233 e. The lowest BCUT2D eigenvalue weighted by Crippen LogP contribution is -2.36. The van der Waals surface area contributed by atoms with Crippen molar-refractivity contribution in [3.63, 3.8) is 0 Å². The fourth-order valence-electron chi connectivity index (χ4n) is 4.05. The van der Waals surface area contributed by atoms with Gasteiger partial charge in [-0.25, -0.2) is 0 Å². The number of carbonyl (C=O) groups excluding carboxylic acids is 3. The molecule has 140 valence electrons. The maximum absolute atomic E-state index is 12.5. The minimum atomic E-state index is -0.156. The number of nitrogens with one attached hydrogen (secondary N) is 1. The Labute approximate surface area is 159 Å². The van der Waals surface area contributed by atoms with Crippen LogP contribution in [0.25, 0.3) is 0 Å². The number of imide groups is 1. The summed E-state index contributed by atoms with van der Waals surface area (Å²) in [5.41, 5.74) is 0.990. The smallest absolute Gasteiger partial charge is 0.233 e. The monoisotopic (exact) mass is 376 g/mol. The largest absolute Gasteiger partial charge is 0.349 e. The van der Waals surface area contributed by atoms with Crippen LogP contribution in [-0.2, 0) is 14.4 Å². The topological polar surface area (TPSA) is 66.5 Å². The van der Waals surface area contributed by atoms with E-state index in [1.807, 2.05) is 19.1 Å². The van der Waals surface area contributed by atoms with Gasteiger partial charge in [-0.1, -0.05) is 43.5 Å². The summed E-state index contributed by atoms with van der Waals surface area (Å²) in [6, 6.07) is 7.29. The number of likely N-dealkylation sites (tertiary alicyclic amines) is 1. The second kappa shape index (κ2) is 8.21. The van der Waals surface area contributed by atoms with Gasteiger partial charge in [-0.05, 0) is 37.0 Å². The lowest BCUT2D eigenvalue weighted by molar-refractivity contribution is -0.140. The molecule has 1 saturated heterocycles. The van der Waals surface area contributed by atoms with Crippen LogP contribution in [0, 0.1) is 11.8 Å². The SMILES string of the molecule is CCC(NC(=O)CCN1C(=O)C2CCCCC2C1=O)c1ccc(Cl)cc1. The van der Waals surface area contributed by atoms with E-state index in [1.165, 1.54) is 4.90 Å². The van der Waals surface area contributed by atoms with Crippen LogP contribution in [-0.4, -0.2) is 29.2 Å². The molecule has 0 aromatic heterocycles. The number of fused-ring (bicyclic) bond motifs is 1. The second-order valence-electron chi connectivity index (χ2n) is 7.16. The molecule has 2 fully saturated rings. The highest BCUT2D eigenvalue weighted by atomic mass is 35.5. The van der Waals surface area contributed by atoms with E-state index in [1.54, 1.807) is 12.1 Å². The molecule has 1 aromatic rings. The number of hydrogen-bond donors (Lipinski definition) is 1. The molecule has 1 aliphatic heterocycles. The van der Waals surface area contributed by atoms with E-state index in [-0.39, 0.29) is 48.6 Å². The van der Waals surface area contributed by atoms with Crippen LogP contribution >= 0.6 is 11.6 Å². The van der Waals surface area contributed by atoms with Crippen molar-refractivity contribution in [3.8, 4) is 0 Å². The number of amides is 3. The summed E-state index contributed by atoms with van der Waals surface area (Å²) in [6.45, 7) is 2.17. The van der Waals surface area contributed by atoms with Crippen LogP contribution in [0.2, 0.25) is 5.02 Å². The zero-order chi connectivity index (χ0) is 18.7. The Balaban J connectivity index is 1.55. The molecular weight excluding hydrogens is 352 g/mol. The summed E-state index contributed by atoms with van der Waals surface area (Å²) in [5.74, 6) is -0.634. The zero-order valence-corrected chi connectivity index (χ0v) is 15.8. The first-order chi connectivity index (χ1) is 12.5. The van der Waals surface area contributed by atoms with E-state index >= 15 is 0 Å². The van der Waals surface area contributed by atoms with Gasteiger partial charge in [0.25, 0.3) is 0 Å². The van der Waals surface area contributed by atoms with Gasteiger partial charge in [-0.2, -0.15) is 0 Å². The van der Waals surface area contributed by atoms with Crippen LogP contribution in [0.1, 0.15) is 57.1 Å². The van der Waals surface area contributed by atoms with E-state index in [4.69, 9.17) is 11.6 Å². The van der Waals surface area contributed by atoms with Crippen molar-refractivity contribution >= 4 is 29.3 Å². The van der Waals surface area contributed by atoms with E-state index < -0.39 is 0 Å². The molecular formula is C20H25ClN2O3. The Morgan fingerprint density at radius 1 is 1.15 bits per heavy atom. The van der Waals surface area contributed by atoms with Crippen molar-refractivity contribution in [2.75, 3.05) is 6.54 Å². The van der Waals surface area contributed by atoms with Crippen molar-refractivity contribution in [2.45, 2.75) is 51.5 Å². The van der Waals surface area contributed by atoms with E-state index in [9.17, 15) is 14.4 Å². The normalized spacial score (nSPS) is 23.7. The molecule has 1 saturated carbocycles. The van der Waals surface area contributed by atoms with Crippen molar-refractivity contribution in [1.82, 2.24) is 10.2 Å². The van der Waals surface area contributed by atoms with Gasteiger partial charge in [0.2, 0.25) is 17.7 Å². The van der Waals surface area contributed by atoms with Crippen LogP contribution in [0.5, 0.6) is 0 Å². The van der Waals surface area contributed by atoms with Crippen LogP contribution < -0.4 is 5.32 Å². The quantitative estimate of drug-likeness (QED) is 0.773. The third-order valence-corrected chi connectivity index (χ3v) is 5.76. The Hall–Kier alpha value is -1.88. The molecule has 2 aliphatic rings. The summed E-state index contributed by atoms with van der Waals surface area (Å²) in [5, 5.41) is 3.64. The highest BCUT2D eigenvalue weighted by Crippen LogP contribution is 2.38. The Kier molecular flexibility index (Phi) is 5.97. The molecule has 1 aromatic carbocycles. The molecule has 0 spiro atoms. The molecule has 1 heterocycles. The van der Waals surface area contributed by atoms with E-state index in [0.717, 1.165) is 37.7 Å². The molecule has 3 unspecified atom stereocenters. The average Bonchev–Trinajstić information content (AvgIpc) is 2.90. The van der Waals surface area contributed by atoms with Crippen LogP contribution in [0.3, 0.4) is 0 Å². The Morgan fingerprint density at radius 2 is 1.73 bits per heavy atom. The van der Waals surface area contributed by atoms with E-state index in [0.29, 0.717) is 5.02 Å². The molecule has 26 heavy (non-hydrogen) atoms. The third-order valence-electron chi connectivity index (χ3n) is 5.51. The fourth-order valence-corrected chi connectivity index (χ4v) is 4.17. The second-order valence-corrected chi connectivity index (χ2v) is 7.59. The van der Waals surface area contributed by atoms with E-state index in [2.05, 4.69) is 5.32 Å². The zero-order valence-electron chi connectivity index (χ0n) is 15.0. The van der Waals surface area contributed by atoms with Crippen molar-refractivity contribution in [2.24, 2.45) is 11.8 Å². The lowest BCUT2D eigenvalue weighted by Gasteiger charge is -2.19. The third kappa shape index (κ3) is 3.93. The summed E-state index contributed by atoms with van der Waals surface area (Å²) in [4.78, 5) is 38.6. The van der Waals surface area contributed by atoms with Crippen molar-refractivity contribution in [3.05, 3.63) is 34.9 Å². The molecule has 6 heteroatoms. The highest BCUT2D eigenvalue weighted by molar-refractivity contribution is 6.30. The first kappa shape index (κ1) is 18.9. The number of rotatable bonds is 6. The van der Waals surface area contributed by atoms with Gasteiger partial charge < -0.3 is 5.32 Å². The van der Waals surface area contributed by atoms with Gasteiger partial charge in [0.1, 0.15) is 0 Å². The maximum atomic E-state index is 12.5. The standard InChI is InChI=1S/C20H25ClN2O3/c1-2-17(13-7-9-14(21)10-8-13)22-18(24)11-12-23-19(25)15-5-3-4-6-16(15)20(23)26/h7-10,15-17H,2-6,11-12H2,1H3,(H,22,24). The summed E-state index contributed by atoms with van der Waals surface area (Å²) >= 11 is 5.91. The van der Waals surface area contributed by atoms with Gasteiger partial charge in [0.15, 0.2) is 0 Å². The molecule has 5 nitrogen and oxygen atoms in total. The molecule has 0 bridgehead atoms. The van der Waals surface area contributed by atoms with Crippen LogP contribution in [0.15, 0.2) is 24.3 Å². The lowest BCUT2D eigenvalue weighted by atomic mass is 9.81. The molecule has 1 aliphatic carbocycles. The minimum absolute atomic E-state index is 0.0859. The van der Waals surface area contributed by atoms with Crippen LogP contribution in [0.4, 0.5) is 0 Å². The fraction of sp³-hybridized carbons (Fsp3) is 0.550. The summed E-state index contributed by atoms with van der Waals surface area (Å²) in [6.07, 6.45) is 4.50. The average molecular weight is 377 g/mol.